The van der Waals surface area contributed by atoms with Crippen molar-refractivity contribution in [3.63, 3.8) is 0 Å². The normalized spacial score (nSPS) is 25.0. The summed E-state index contributed by atoms with van der Waals surface area (Å²) in [7, 11) is 7.00. The smallest absolute Gasteiger partial charge is 0.226 e. The number of rotatable bonds is 2. The van der Waals surface area contributed by atoms with Crippen LogP contribution in [0.25, 0.3) is 0 Å². The van der Waals surface area contributed by atoms with Gasteiger partial charge in [0.25, 0.3) is 0 Å². The lowest BCUT2D eigenvalue weighted by Gasteiger charge is -2.31. The van der Waals surface area contributed by atoms with E-state index < -0.39 is 0 Å². The number of carbonyl (C=O) groups excluding carboxylic acids is 2. The van der Waals surface area contributed by atoms with E-state index in [1.807, 2.05) is 0 Å². The van der Waals surface area contributed by atoms with Gasteiger partial charge in [0.2, 0.25) is 11.8 Å². The largest absolute Gasteiger partial charge is 0.349 e. The molecule has 2 unspecified atom stereocenters. The number of nitrogens with one attached hydrogen (secondary N) is 1. The molecule has 0 radical (unpaired) electrons. The highest BCUT2D eigenvalue weighted by Gasteiger charge is 2.32. The number of amides is 2. The summed E-state index contributed by atoms with van der Waals surface area (Å²) in [6, 6.07) is 0. The van der Waals surface area contributed by atoms with Crippen LogP contribution in [0.1, 0.15) is 6.42 Å². The Bertz CT molecular complexity index is 250. The van der Waals surface area contributed by atoms with Crippen LogP contribution >= 0.6 is 0 Å². The summed E-state index contributed by atoms with van der Waals surface area (Å²) in [5, 5.41) is 3.16. The minimum absolute atomic E-state index is 0.0716. The Hall–Kier alpha value is -1.10. The molecule has 0 aliphatic carbocycles. The molecule has 1 N–H and O–H groups in total. The van der Waals surface area contributed by atoms with Gasteiger partial charge in [-0.2, -0.15) is 0 Å². The fraction of sp³-hybridized carbons (Fsp3) is 0.818. The number of carbonyl (C=O) groups is 2. The van der Waals surface area contributed by atoms with E-state index in [1.165, 1.54) is 0 Å². The second-order valence-corrected chi connectivity index (χ2v) is 4.75. The molecular formula is C11H21N3O2. The first-order chi connectivity index (χ1) is 7.43. The summed E-state index contributed by atoms with van der Waals surface area (Å²) in [6.45, 7) is 1.35. The topological polar surface area (TPSA) is 52.7 Å². The number of piperidine rings is 1. The molecule has 2 amide bonds. The molecule has 0 spiro atoms. The first-order valence-electron chi connectivity index (χ1n) is 5.56. The van der Waals surface area contributed by atoms with Gasteiger partial charge in [-0.15, -0.1) is 0 Å². The van der Waals surface area contributed by atoms with Crippen LogP contribution in [0.2, 0.25) is 0 Å². The predicted molar refractivity (Wildman–Crippen MR) is 61.9 cm³/mol. The Balaban J connectivity index is 2.60. The van der Waals surface area contributed by atoms with Gasteiger partial charge >= 0.3 is 0 Å². The fourth-order valence-electron chi connectivity index (χ4n) is 2.05. The highest BCUT2D eigenvalue weighted by Crippen LogP contribution is 2.19. The van der Waals surface area contributed by atoms with Crippen LogP contribution < -0.4 is 5.32 Å². The van der Waals surface area contributed by atoms with Crippen molar-refractivity contribution in [2.75, 3.05) is 41.3 Å². The summed E-state index contributed by atoms with van der Waals surface area (Å²) in [5.41, 5.74) is 0. The van der Waals surface area contributed by atoms with Crippen molar-refractivity contribution in [2.45, 2.75) is 6.42 Å². The van der Waals surface area contributed by atoms with Crippen molar-refractivity contribution in [2.24, 2.45) is 11.8 Å². The molecule has 1 saturated heterocycles. The molecule has 92 valence electrons. The second-order valence-electron chi connectivity index (χ2n) is 4.75. The molecular weight excluding hydrogens is 206 g/mol. The Morgan fingerprint density at radius 2 is 1.31 bits per heavy atom. The Morgan fingerprint density at radius 1 is 0.938 bits per heavy atom. The van der Waals surface area contributed by atoms with Gasteiger partial charge in [-0.25, -0.2) is 0 Å². The van der Waals surface area contributed by atoms with Crippen LogP contribution in [-0.4, -0.2) is 62.9 Å². The molecule has 1 fully saturated rings. The second kappa shape index (κ2) is 5.30. The quantitative estimate of drug-likeness (QED) is 0.684. The molecule has 1 heterocycles. The van der Waals surface area contributed by atoms with Gasteiger partial charge in [0, 0.05) is 41.3 Å². The van der Waals surface area contributed by atoms with Crippen molar-refractivity contribution in [1.29, 1.82) is 0 Å². The van der Waals surface area contributed by atoms with E-state index in [0.29, 0.717) is 19.5 Å². The van der Waals surface area contributed by atoms with E-state index >= 15 is 0 Å². The van der Waals surface area contributed by atoms with Crippen molar-refractivity contribution >= 4 is 11.8 Å². The van der Waals surface area contributed by atoms with Gasteiger partial charge in [0.1, 0.15) is 0 Å². The van der Waals surface area contributed by atoms with E-state index in [9.17, 15) is 9.59 Å². The molecule has 1 aliphatic rings. The minimum Gasteiger partial charge on any atom is -0.349 e. The van der Waals surface area contributed by atoms with Gasteiger partial charge < -0.3 is 15.1 Å². The average molecular weight is 227 g/mol. The maximum absolute atomic E-state index is 11.8. The zero-order valence-electron chi connectivity index (χ0n) is 10.5. The van der Waals surface area contributed by atoms with E-state index in [2.05, 4.69) is 5.32 Å². The summed E-state index contributed by atoms with van der Waals surface area (Å²) in [4.78, 5) is 26.8. The zero-order valence-corrected chi connectivity index (χ0v) is 10.5. The number of nitrogens with zero attached hydrogens (tertiary/aromatic N) is 2. The van der Waals surface area contributed by atoms with Gasteiger partial charge in [-0.1, -0.05) is 0 Å². The molecule has 5 nitrogen and oxygen atoms in total. The van der Waals surface area contributed by atoms with Crippen LogP contribution in [0.15, 0.2) is 0 Å². The van der Waals surface area contributed by atoms with E-state index in [4.69, 9.17) is 0 Å². The monoisotopic (exact) mass is 227 g/mol. The van der Waals surface area contributed by atoms with Crippen LogP contribution in [-0.2, 0) is 9.59 Å². The molecule has 0 aromatic rings. The van der Waals surface area contributed by atoms with Crippen LogP contribution in [0.3, 0.4) is 0 Å². The molecule has 2 atom stereocenters. The summed E-state index contributed by atoms with van der Waals surface area (Å²) in [5.74, 6) is 0.0582. The van der Waals surface area contributed by atoms with Gasteiger partial charge in [0.05, 0.1) is 11.8 Å². The van der Waals surface area contributed by atoms with Gasteiger partial charge in [-0.05, 0) is 6.42 Å². The lowest BCUT2D eigenvalue weighted by Crippen LogP contribution is -2.47. The van der Waals surface area contributed by atoms with Crippen molar-refractivity contribution in [3.05, 3.63) is 0 Å². The number of hydrogen-bond donors (Lipinski definition) is 1. The third-order valence-corrected chi connectivity index (χ3v) is 2.93. The van der Waals surface area contributed by atoms with Crippen LogP contribution in [0, 0.1) is 11.8 Å². The third-order valence-electron chi connectivity index (χ3n) is 2.93. The molecule has 16 heavy (non-hydrogen) atoms. The molecule has 0 aromatic carbocycles. The minimum atomic E-state index is -0.0716. The Morgan fingerprint density at radius 3 is 1.62 bits per heavy atom. The molecule has 0 saturated carbocycles. The van der Waals surface area contributed by atoms with Gasteiger partial charge in [0.15, 0.2) is 0 Å². The van der Waals surface area contributed by atoms with Crippen molar-refractivity contribution in [3.8, 4) is 0 Å². The average Bonchev–Trinajstić information content (AvgIpc) is 2.26. The highest BCUT2D eigenvalue weighted by atomic mass is 16.2. The number of hydrogen-bond acceptors (Lipinski definition) is 3. The molecule has 0 bridgehead atoms. The van der Waals surface area contributed by atoms with E-state index in [-0.39, 0.29) is 23.7 Å². The van der Waals surface area contributed by atoms with Crippen LogP contribution in [0.5, 0.6) is 0 Å². The molecule has 1 rings (SSSR count). The lowest BCUT2D eigenvalue weighted by molar-refractivity contribution is -0.137. The fourth-order valence-corrected chi connectivity index (χ4v) is 2.05. The highest BCUT2D eigenvalue weighted by molar-refractivity contribution is 5.82. The first kappa shape index (κ1) is 13.0. The summed E-state index contributed by atoms with van der Waals surface area (Å²) >= 11 is 0. The zero-order chi connectivity index (χ0) is 12.3. The maximum Gasteiger partial charge on any atom is 0.226 e. The molecule has 5 heteroatoms. The third kappa shape index (κ3) is 2.95. The predicted octanol–water partition coefficient (Wildman–Crippen LogP) is -0.611. The van der Waals surface area contributed by atoms with Crippen LogP contribution in [0.4, 0.5) is 0 Å². The maximum atomic E-state index is 11.8. The SMILES string of the molecule is CN(C)C(=O)C1CNCC(C(=O)N(C)C)C1. The molecule has 0 aromatic heterocycles. The summed E-state index contributed by atoms with van der Waals surface area (Å²) in [6.07, 6.45) is 0.654. The lowest BCUT2D eigenvalue weighted by atomic mass is 9.89. The Labute approximate surface area is 96.8 Å². The van der Waals surface area contributed by atoms with Crippen molar-refractivity contribution < 1.29 is 9.59 Å². The van der Waals surface area contributed by atoms with Crippen molar-refractivity contribution in [1.82, 2.24) is 15.1 Å². The van der Waals surface area contributed by atoms with Gasteiger partial charge in [-0.3, -0.25) is 9.59 Å². The molecule has 1 aliphatic heterocycles. The first-order valence-corrected chi connectivity index (χ1v) is 5.56. The standard InChI is InChI=1S/C11H21N3O2/c1-13(2)10(15)8-5-9(7-12-6-8)11(16)14(3)4/h8-9,12H,5-7H2,1-4H3. The Kier molecular flexibility index (Phi) is 4.29. The van der Waals surface area contributed by atoms with E-state index in [0.717, 1.165) is 0 Å². The summed E-state index contributed by atoms with van der Waals surface area (Å²) < 4.78 is 0. The van der Waals surface area contributed by atoms with E-state index in [1.54, 1.807) is 38.0 Å².